The lowest BCUT2D eigenvalue weighted by atomic mass is 9.74. The zero-order valence-corrected chi connectivity index (χ0v) is 32.4. The highest BCUT2D eigenvalue weighted by Crippen LogP contribution is 2.43. The number of benzene rings is 1. The number of carbonyl (C=O) groups is 2. The van der Waals surface area contributed by atoms with Gasteiger partial charge in [0, 0.05) is 35.7 Å². The van der Waals surface area contributed by atoms with Crippen molar-refractivity contribution < 1.29 is 38.4 Å². The fourth-order valence-electron chi connectivity index (χ4n) is 8.89. The molecular formula is C41H59N3O8. The van der Waals surface area contributed by atoms with Gasteiger partial charge in [0.05, 0.1) is 37.0 Å². The maximum Gasteiger partial charge on any atom is 0.411 e. The van der Waals surface area contributed by atoms with Crippen LogP contribution in [0.1, 0.15) is 66.9 Å². The van der Waals surface area contributed by atoms with Crippen LogP contribution >= 0.6 is 0 Å². The molecule has 0 saturated carbocycles. The van der Waals surface area contributed by atoms with Gasteiger partial charge in [0.1, 0.15) is 6.10 Å². The number of ether oxygens (including phenoxy) is 5. The molecule has 1 aromatic rings. The SMILES string of the molecule is C=CC1OC(=O)C(C)=C[C@H](C)[C@@H](OC2O[C@@H](C)C[C@@H](N(C)C)[C@@H]2O)[C@@](C)(OC/C=C/c2ccccc2)C[C@@H](C)C2=NCCN3C(=O)O[C@@]1(C)[C@H]3[C@H]2C. The number of nitrogens with zero attached hydrogens (tertiary/aromatic N) is 3. The molecule has 4 aliphatic rings. The standard InChI is InChI=1S/C41H59N3O8/c1-11-32-41(8)35-29(6)33(42-19-20-44(35)39(47)52-41)27(4)24-40(7,48-21-15-18-30-16-13-12-14-17-30)36(25(2)22-26(3)37(46)50-32)51-38-34(45)31(43(9)10)23-28(5)49-38/h11-18,22,25,27-29,31-32,34-36,38,45H,1,19-21,23-24H2,2-10H3/b18-15+,26-22?/t25-,27+,28-,29-,31+,32?,34-,35+,36+,38?,40-,41+/m0/s1. The van der Waals surface area contributed by atoms with Gasteiger partial charge in [-0.15, -0.1) is 0 Å². The largest absolute Gasteiger partial charge is 0.450 e. The molecule has 11 heteroatoms. The molecule has 2 unspecified atom stereocenters. The summed E-state index contributed by atoms with van der Waals surface area (Å²) in [4.78, 5) is 36.0. The lowest BCUT2D eigenvalue weighted by Gasteiger charge is -2.47. The quantitative estimate of drug-likeness (QED) is 0.267. The molecule has 2 bridgehead atoms. The van der Waals surface area contributed by atoms with Crippen LogP contribution in [-0.2, 0) is 28.5 Å². The highest BCUT2D eigenvalue weighted by Gasteiger charge is 2.59. The Morgan fingerprint density at radius 1 is 1.13 bits per heavy atom. The van der Waals surface area contributed by atoms with E-state index in [0.717, 1.165) is 11.3 Å². The summed E-state index contributed by atoms with van der Waals surface area (Å²) in [6.07, 6.45) is 4.42. The fraction of sp³-hybridized carbons (Fsp3) is 0.634. The molecule has 286 valence electrons. The first kappa shape index (κ1) is 39.8. The third-order valence-corrected chi connectivity index (χ3v) is 11.4. The van der Waals surface area contributed by atoms with Gasteiger partial charge in [-0.2, -0.15) is 0 Å². The summed E-state index contributed by atoms with van der Waals surface area (Å²) in [6.45, 7) is 18.8. The highest BCUT2D eigenvalue weighted by molar-refractivity contribution is 5.91. The summed E-state index contributed by atoms with van der Waals surface area (Å²) < 4.78 is 32.3. The molecule has 2 saturated heterocycles. The molecule has 0 aromatic heterocycles. The van der Waals surface area contributed by atoms with E-state index in [1.54, 1.807) is 17.9 Å². The zero-order valence-electron chi connectivity index (χ0n) is 32.4. The molecule has 2 fully saturated rings. The van der Waals surface area contributed by atoms with E-state index < -0.39 is 59.8 Å². The Labute approximate surface area is 309 Å². The van der Waals surface area contributed by atoms with Crippen molar-refractivity contribution in [2.75, 3.05) is 33.8 Å². The Kier molecular flexibility index (Phi) is 12.5. The van der Waals surface area contributed by atoms with Gasteiger partial charge in [0.25, 0.3) is 0 Å². The number of aliphatic hydroxyl groups is 1. The molecule has 4 aliphatic heterocycles. The van der Waals surface area contributed by atoms with Crippen LogP contribution in [0.15, 0.2) is 65.7 Å². The molecule has 0 radical (unpaired) electrons. The smallest absolute Gasteiger partial charge is 0.411 e. The van der Waals surface area contributed by atoms with Crippen LogP contribution in [0, 0.1) is 17.8 Å². The summed E-state index contributed by atoms with van der Waals surface area (Å²) in [5.41, 5.74) is 0.153. The summed E-state index contributed by atoms with van der Waals surface area (Å²) in [5, 5.41) is 11.6. The van der Waals surface area contributed by atoms with E-state index in [9.17, 15) is 14.7 Å². The molecule has 1 amide bonds. The Morgan fingerprint density at radius 3 is 2.52 bits per heavy atom. The molecular weight excluding hydrogens is 662 g/mol. The highest BCUT2D eigenvalue weighted by atomic mass is 16.7. The van der Waals surface area contributed by atoms with Gasteiger partial charge >= 0.3 is 12.1 Å². The molecule has 11 nitrogen and oxygen atoms in total. The Balaban J connectivity index is 1.60. The minimum absolute atomic E-state index is 0.125. The monoisotopic (exact) mass is 721 g/mol. The van der Waals surface area contributed by atoms with Crippen molar-refractivity contribution >= 4 is 23.9 Å². The second kappa shape index (κ2) is 16.3. The number of esters is 1. The van der Waals surface area contributed by atoms with Crippen LogP contribution in [0.2, 0.25) is 0 Å². The van der Waals surface area contributed by atoms with Crippen LogP contribution in [0.4, 0.5) is 4.79 Å². The van der Waals surface area contributed by atoms with Crippen LogP contribution in [0.5, 0.6) is 0 Å². The number of likely N-dealkylation sites (N-methyl/N-ethyl adjacent to an activating group) is 1. The van der Waals surface area contributed by atoms with E-state index in [4.69, 9.17) is 28.7 Å². The van der Waals surface area contributed by atoms with Crippen LogP contribution in [-0.4, -0.2) is 120 Å². The second-order valence-corrected chi connectivity index (χ2v) is 15.7. The Morgan fingerprint density at radius 2 is 1.85 bits per heavy atom. The predicted molar refractivity (Wildman–Crippen MR) is 201 cm³/mol. The first-order chi connectivity index (χ1) is 24.6. The van der Waals surface area contributed by atoms with E-state index in [0.29, 0.717) is 31.5 Å². The maximum absolute atomic E-state index is 13.8. The van der Waals surface area contributed by atoms with E-state index in [1.165, 1.54) is 0 Å². The zero-order chi connectivity index (χ0) is 38.0. The van der Waals surface area contributed by atoms with Crippen molar-refractivity contribution in [2.24, 2.45) is 22.7 Å². The number of fused-ring (bicyclic) bond motifs is 1. The average molecular weight is 722 g/mol. The molecule has 12 atom stereocenters. The van der Waals surface area contributed by atoms with Gasteiger partial charge in [-0.05, 0) is 72.2 Å². The van der Waals surface area contributed by atoms with Crippen LogP contribution < -0.4 is 0 Å². The van der Waals surface area contributed by atoms with Crippen LogP contribution in [0.3, 0.4) is 0 Å². The molecule has 1 aromatic carbocycles. The number of amides is 1. The number of carbonyl (C=O) groups excluding carboxylic acids is 2. The molecule has 5 rings (SSSR count). The molecule has 1 N–H and O–H groups in total. The van der Waals surface area contributed by atoms with E-state index in [2.05, 4.69) is 20.4 Å². The number of aliphatic hydroxyl groups excluding tert-OH is 1. The topological polar surface area (TPSA) is 119 Å². The molecule has 52 heavy (non-hydrogen) atoms. The Bertz CT molecular complexity index is 1530. The number of rotatable bonds is 8. The third kappa shape index (κ3) is 8.24. The number of aliphatic imine (C=N–C) groups is 1. The van der Waals surface area contributed by atoms with Crippen molar-refractivity contribution in [3.05, 3.63) is 66.3 Å². The van der Waals surface area contributed by atoms with Gasteiger partial charge in [-0.1, -0.05) is 75.9 Å². The van der Waals surface area contributed by atoms with Crippen molar-refractivity contribution in [1.82, 2.24) is 9.80 Å². The van der Waals surface area contributed by atoms with Crippen molar-refractivity contribution in [3.63, 3.8) is 0 Å². The van der Waals surface area contributed by atoms with Gasteiger partial charge in [-0.25, -0.2) is 9.59 Å². The van der Waals surface area contributed by atoms with E-state index >= 15 is 0 Å². The van der Waals surface area contributed by atoms with Gasteiger partial charge < -0.3 is 33.7 Å². The van der Waals surface area contributed by atoms with E-state index in [1.807, 2.05) is 95.3 Å². The van der Waals surface area contributed by atoms with Crippen molar-refractivity contribution in [3.8, 4) is 0 Å². The fourth-order valence-corrected chi connectivity index (χ4v) is 8.89. The lowest BCUT2D eigenvalue weighted by Crippen LogP contribution is -2.59. The predicted octanol–water partition coefficient (Wildman–Crippen LogP) is 5.68. The number of cyclic esters (lactones) is 1. The summed E-state index contributed by atoms with van der Waals surface area (Å²) in [6, 6.07) is 9.38. The second-order valence-electron chi connectivity index (χ2n) is 15.7. The van der Waals surface area contributed by atoms with Crippen molar-refractivity contribution in [1.29, 1.82) is 0 Å². The summed E-state index contributed by atoms with van der Waals surface area (Å²) in [7, 11) is 3.89. The number of hydrogen-bond acceptors (Lipinski definition) is 10. The lowest BCUT2D eigenvalue weighted by molar-refractivity contribution is -0.295. The summed E-state index contributed by atoms with van der Waals surface area (Å²) >= 11 is 0. The van der Waals surface area contributed by atoms with Gasteiger partial charge in [0.15, 0.2) is 18.0 Å². The normalized spacial score (nSPS) is 38.9. The third-order valence-electron chi connectivity index (χ3n) is 11.4. The minimum atomic E-state index is -1.20. The minimum Gasteiger partial charge on any atom is -0.450 e. The Hall–Kier alpha value is -3.35. The maximum atomic E-state index is 13.8. The van der Waals surface area contributed by atoms with Crippen molar-refractivity contribution in [2.45, 2.75) is 115 Å². The van der Waals surface area contributed by atoms with Gasteiger partial charge in [0.2, 0.25) is 0 Å². The first-order valence-corrected chi connectivity index (χ1v) is 18.7. The molecule has 4 heterocycles. The van der Waals surface area contributed by atoms with Crippen LogP contribution in [0.25, 0.3) is 6.08 Å². The van der Waals surface area contributed by atoms with Gasteiger partial charge in [-0.3, -0.25) is 9.89 Å². The van der Waals surface area contributed by atoms with E-state index in [-0.39, 0.29) is 30.6 Å². The summed E-state index contributed by atoms with van der Waals surface area (Å²) in [5.74, 6) is -1.34. The average Bonchev–Trinajstić information content (AvgIpc) is 3.22. The first-order valence-electron chi connectivity index (χ1n) is 18.7. The molecule has 0 aliphatic carbocycles. The number of hydrogen-bond donors (Lipinski definition) is 1. The molecule has 0 spiro atoms.